The minimum atomic E-state index is -0.383. The Morgan fingerprint density at radius 2 is 1.96 bits per heavy atom. The van der Waals surface area contributed by atoms with Gasteiger partial charge in [0.05, 0.1) is 6.61 Å². The Balaban J connectivity index is 2.17. The van der Waals surface area contributed by atoms with Gasteiger partial charge in [-0.25, -0.2) is 4.39 Å². The third-order valence-corrected chi connectivity index (χ3v) is 5.10. The molecular formula is C21H25FO2S. The highest BCUT2D eigenvalue weighted by Crippen LogP contribution is 2.27. The van der Waals surface area contributed by atoms with Crippen molar-refractivity contribution in [2.75, 3.05) is 12.9 Å². The van der Waals surface area contributed by atoms with Crippen LogP contribution < -0.4 is 0 Å². The average molecular weight is 360 g/mol. The average Bonchev–Trinajstić information content (AvgIpc) is 2.62. The molecule has 0 spiro atoms. The van der Waals surface area contributed by atoms with E-state index in [2.05, 4.69) is 6.92 Å². The van der Waals surface area contributed by atoms with Crippen LogP contribution in [0.3, 0.4) is 0 Å². The zero-order valence-corrected chi connectivity index (χ0v) is 15.7. The van der Waals surface area contributed by atoms with Gasteiger partial charge in [-0.05, 0) is 42.0 Å². The minimum Gasteiger partial charge on any atom is -0.380 e. The molecule has 0 radical (unpaired) electrons. The number of thioether (sulfide) groups is 1. The molecule has 0 bridgehead atoms. The van der Waals surface area contributed by atoms with Crippen molar-refractivity contribution in [3.05, 3.63) is 65.0 Å². The van der Waals surface area contributed by atoms with E-state index in [-0.39, 0.29) is 11.6 Å². The topological polar surface area (TPSA) is 26.3 Å². The van der Waals surface area contributed by atoms with Gasteiger partial charge in [-0.3, -0.25) is 4.79 Å². The molecule has 2 nitrogen and oxygen atoms in total. The minimum absolute atomic E-state index is 0.145. The van der Waals surface area contributed by atoms with Crippen LogP contribution in [0.5, 0.6) is 0 Å². The summed E-state index contributed by atoms with van der Waals surface area (Å²) in [6, 6.07) is 11.8. The standard InChI is InChI=1S/C21H25FO2S/c1-3-4-5-6-12-25-20-11-10-18(22)14-19(20)21(23)17-9-7-8-16(13-17)15-24-2/h7-11,13-14H,3-6,12,15H2,1-2H3. The molecule has 0 aliphatic rings. The zero-order chi connectivity index (χ0) is 18.1. The number of halogens is 1. The summed E-state index contributed by atoms with van der Waals surface area (Å²) in [4.78, 5) is 13.7. The monoisotopic (exact) mass is 360 g/mol. The van der Waals surface area contributed by atoms with Crippen molar-refractivity contribution in [2.45, 2.75) is 44.1 Å². The van der Waals surface area contributed by atoms with Crippen LogP contribution >= 0.6 is 11.8 Å². The molecule has 4 heteroatoms. The van der Waals surface area contributed by atoms with Gasteiger partial charge in [-0.2, -0.15) is 0 Å². The molecule has 0 heterocycles. The number of methoxy groups -OCH3 is 1. The van der Waals surface area contributed by atoms with Crippen molar-refractivity contribution in [1.82, 2.24) is 0 Å². The van der Waals surface area contributed by atoms with Crippen LogP contribution in [0.25, 0.3) is 0 Å². The Morgan fingerprint density at radius 1 is 1.12 bits per heavy atom. The molecule has 0 saturated carbocycles. The van der Waals surface area contributed by atoms with E-state index >= 15 is 0 Å². The predicted octanol–water partition coefficient (Wildman–Crippen LogP) is 5.88. The number of ketones is 1. The molecule has 134 valence electrons. The number of hydrogen-bond acceptors (Lipinski definition) is 3. The van der Waals surface area contributed by atoms with Gasteiger partial charge in [0.1, 0.15) is 5.82 Å². The summed E-state index contributed by atoms with van der Waals surface area (Å²) < 4.78 is 18.9. The molecule has 0 fully saturated rings. The fourth-order valence-corrected chi connectivity index (χ4v) is 3.68. The van der Waals surface area contributed by atoms with Crippen molar-refractivity contribution in [3.8, 4) is 0 Å². The van der Waals surface area contributed by atoms with E-state index in [9.17, 15) is 9.18 Å². The number of hydrogen-bond donors (Lipinski definition) is 0. The van der Waals surface area contributed by atoms with Crippen molar-refractivity contribution in [1.29, 1.82) is 0 Å². The predicted molar refractivity (Wildman–Crippen MR) is 102 cm³/mol. The van der Waals surface area contributed by atoms with E-state index in [4.69, 9.17) is 4.74 Å². The van der Waals surface area contributed by atoms with Crippen LogP contribution in [0.1, 0.15) is 54.1 Å². The van der Waals surface area contributed by atoms with Crippen LogP contribution in [0.2, 0.25) is 0 Å². The summed E-state index contributed by atoms with van der Waals surface area (Å²) in [6.45, 7) is 2.63. The first kappa shape index (κ1) is 19.7. The number of carbonyl (C=O) groups excluding carboxylic acids is 1. The molecule has 0 amide bonds. The van der Waals surface area contributed by atoms with E-state index in [0.29, 0.717) is 17.7 Å². The highest BCUT2D eigenvalue weighted by molar-refractivity contribution is 7.99. The lowest BCUT2D eigenvalue weighted by Crippen LogP contribution is -2.05. The van der Waals surface area contributed by atoms with Gasteiger partial charge in [-0.15, -0.1) is 11.8 Å². The highest BCUT2D eigenvalue weighted by Gasteiger charge is 2.15. The molecule has 0 atom stereocenters. The second-order valence-corrected chi connectivity index (χ2v) is 7.15. The summed E-state index contributed by atoms with van der Waals surface area (Å²) >= 11 is 1.63. The number of unbranched alkanes of at least 4 members (excludes halogenated alkanes) is 3. The molecule has 2 aromatic carbocycles. The Hall–Kier alpha value is -1.65. The van der Waals surface area contributed by atoms with Gasteiger partial charge in [0.2, 0.25) is 0 Å². The van der Waals surface area contributed by atoms with Gasteiger partial charge in [0.25, 0.3) is 0 Å². The summed E-state index contributed by atoms with van der Waals surface area (Å²) in [6.07, 6.45) is 4.71. The Labute approximate surface area is 153 Å². The maximum absolute atomic E-state index is 13.7. The summed E-state index contributed by atoms with van der Waals surface area (Å²) in [7, 11) is 1.62. The molecule has 2 aromatic rings. The first-order valence-corrected chi connectivity index (χ1v) is 9.69. The van der Waals surface area contributed by atoms with Crippen LogP contribution in [-0.4, -0.2) is 18.6 Å². The summed E-state index contributed by atoms with van der Waals surface area (Å²) in [5.74, 6) is 0.413. The van der Waals surface area contributed by atoms with Crippen molar-refractivity contribution >= 4 is 17.5 Å². The Morgan fingerprint density at radius 3 is 2.72 bits per heavy atom. The largest absolute Gasteiger partial charge is 0.380 e. The number of benzene rings is 2. The Bertz CT molecular complexity index is 700. The zero-order valence-electron chi connectivity index (χ0n) is 14.9. The highest BCUT2D eigenvalue weighted by atomic mass is 32.2. The molecule has 0 aliphatic carbocycles. The van der Waals surface area contributed by atoms with Gasteiger partial charge in [0, 0.05) is 23.1 Å². The molecule has 25 heavy (non-hydrogen) atoms. The molecule has 0 saturated heterocycles. The Kier molecular flexibility index (Phi) is 8.16. The molecular weight excluding hydrogens is 335 g/mol. The van der Waals surface area contributed by atoms with Gasteiger partial charge in [-0.1, -0.05) is 44.4 Å². The molecule has 0 aromatic heterocycles. The first-order chi connectivity index (χ1) is 12.2. The van der Waals surface area contributed by atoms with Crippen molar-refractivity contribution in [2.24, 2.45) is 0 Å². The first-order valence-electron chi connectivity index (χ1n) is 8.70. The summed E-state index contributed by atoms with van der Waals surface area (Å²) in [5.41, 5.74) is 1.93. The van der Waals surface area contributed by atoms with Gasteiger partial charge in [0.15, 0.2) is 5.78 Å². The van der Waals surface area contributed by atoms with E-state index in [1.54, 1.807) is 31.0 Å². The fourth-order valence-electron chi connectivity index (χ4n) is 2.64. The van der Waals surface area contributed by atoms with Crippen LogP contribution in [0.4, 0.5) is 4.39 Å². The van der Waals surface area contributed by atoms with E-state index in [1.807, 2.05) is 18.2 Å². The third kappa shape index (κ3) is 5.98. The summed E-state index contributed by atoms with van der Waals surface area (Å²) in [5, 5.41) is 0. The van der Waals surface area contributed by atoms with Crippen molar-refractivity contribution < 1.29 is 13.9 Å². The van der Waals surface area contributed by atoms with E-state index in [1.165, 1.54) is 31.4 Å². The quantitative estimate of drug-likeness (QED) is 0.301. The molecule has 0 unspecified atom stereocenters. The van der Waals surface area contributed by atoms with Crippen molar-refractivity contribution in [3.63, 3.8) is 0 Å². The smallest absolute Gasteiger partial charge is 0.194 e. The van der Waals surface area contributed by atoms with Crippen LogP contribution in [-0.2, 0) is 11.3 Å². The van der Waals surface area contributed by atoms with Gasteiger partial charge >= 0.3 is 0 Å². The normalized spacial score (nSPS) is 10.8. The fraction of sp³-hybridized carbons (Fsp3) is 0.381. The van der Waals surface area contributed by atoms with E-state index in [0.717, 1.165) is 22.6 Å². The lowest BCUT2D eigenvalue weighted by atomic mass is 10.0. The number of carbonyl (C=O) groups is 1. The third-order valence-electron chi connectivity index (χ3n) is 3.94. The van der Waals surface area contributed by atoms with E-state index < -0.39 is 0 Å². The lowest BCUT2D eigenvalue weighted by molar-refractivity contribution is 0.103. The van der Waals surface area contributed by atoms with Gasteiger partial charge < -0.3 is 4.74 Å². The second kappa shape index (κ2) is 10.4. The number of rotatable bonds is 10. The second-order valence-electron chi connectivity index (χ2n) is 6.01. The lowest BCUT2D eigenvalue weighted by Gasteiger charge is -2.10. The molecule has 0 N–H and O–H groups in total. The molecule has 2 rings (SSSR count). The number of ether oxygens (including phenoxy) is 1. The SMILES string of the molecule is CCCCCCSc1ccc(F)cc1C(=O)c1cccc(COC)c1. The molecule has 0 aliphatic heterocycles. The van der Waals surface area contributed by atoms with Crippen LogP contribution in [0.15, 0.2) is 47.4 Å². The van der Waals surface area contributed by atoms with Crippen LogP contribution in [0, 0.1) is 5.82 Å². The maximum Gasteiger partial charge on any atom is 0.194 e. The maximum atomic E-state index is 13.7.